The fraction of sp³-hybridized carbons (Fsp3) is 0.0870. The second-order valence-electron chi connectivity index (χ2n) is 6.70. The Morgan fingerprint density at radius 3 is 2.47 bits per heavy atom. The van der Waals surface area contributed by atoms with E-state index in [1.807, 2.05) is 42.5 Å². The molecule has 3 aromatic rings. The lowest BCUT2D eigenvalue weighted by Gasteiger charge is -2.13. The van der Waals surface area contributed by atoms with Crippen molar-refractivity contribution in [2.75, 3.05) is 6.61 Å². The zero-order valence-electron chi connectivity index (χ0n) is 15.8. The number of rotatable bonds is 6. The van der Waals surface area contributed by atoms with E-state index in [9.17, 15) is 14.4 Å². The standard InChI is InChI=1S/C23H17NO5S/c25-21(26)14-29-19-9-6-15(7-10-19)12-20-22(27)24(23(28)30-20)13-16-5-8-17-3-1-2-4-18(17)11-16/h1-12H,13-14H2,(H,25,26)/b20-12-. The van der Waals surface area contributed by atoms with E-state index in [1.165, 1.54) is 4.90 Å². The van der Waals surface area contributed by atoms with Crippen molar-refractivity contribution < 1.29 is 24.2 Å². The Hall–Kier alpha value is -3.58. The van der Waals surface area contributed by atoms with Crippen molar-refractivity contribution in [3.05, 3.63) is 82.8 Å². The van der Waals surface area contributed by atoms with Gasteiger partial charge in [0.05, 0.1) is 11.4 Å². The fourth-order valence-electron chi connectivity index (χ4n) is 3.11. The highest BCUT2D eigenvalue weighted by Gasteiger charge is 2.34. The van der Waals surface area contributed by atoms with E-state index in [0.29, 0.717) is 16.2 Å². The first kappa shape index (κ1) is 19.7. The van der Waals surface area contributed by atoms with Gasteiger partial charge in [0.1, 0.15) is 5.75 Å². The molecule has 1 saturated heterocycles. The number of fused-ring (bicyclic) bond motifs is 1. The predicted octanol–water partition coefficient (Wildman–Crippen LogP) is 4.54. The number of carboxylic acid groups (broad SMARTS) is 1. The molecule has 4 rings (SSSR count). The lowest BCUT2D eigenvalue weighted by molar-refractivity contribution is -0.139. The van der Waals surface area contributed by atoms with E-state index in [-0.39, 0.29) is 17.7 Å². The molecule has 0 aromatic heterocycles. The summed E-state index contributed by atoms with van der Waals surface area (Å²) in [5.74, 6) is -0.970. The lowest BCUT2D eigenvalue weighted by Crippen LogP contribution is -2.27. The van der Waals surface area contributed by atoms with Gasteiger partial charge >= 0.3 is 5.97 Å². The molecule has 0 spiro atoms. The summed E-state index contributed by atoms with van der Waals surface area (Å²) in [5, 5.41) is 10.5. The molecule has 150 valence electrons. The first-order valence-electron chi connectivity index (χ1n) is 9.17. The van der Waals surface area contributed by atoms with Crippen LogP contribution in [0.1, 0.15) is 11.1 Å². The summed E-state index contributed by atoms with van der Waals surface area (Å²) in [4.78, 5) is 37.3. The Bertz CT molecular complexity index is 1170. The highest BCUT2D eigenvalue weighted by Crippen LogP contribution is 2.33. The largest absolute Gasteiger partial charge is 0.482 e. The van der Waals surface area contributed by atoms with Crippen LogP contribution >= 0.6 is 11.8 Å². The molecule has 0 aliphatic carbocycles. The molecule has 1 fully saturated rings. The number of amides is 2. The molecule has 0 bridgehead atoms. The average molecular weight is 419 g/mol. The van der Waals surface area contributed by atoms with E-state index in [1.54, 1.807) is 30.3 Å². The maximum absolute atomic E-state index is 12.8. The van der Waals surface area contributed by atoms with Gasteiger partial charge in [-0.3, -0.25) is 14.5 Å². The number of thioether (sulfide) groups is 1. The van der Waals surface area contributed by atoms with Gasteiger partial charge in [0.2, 0.25) is 0 Å². The van der Waals surface area contributed by atoms with Gasteiger partial charge in [-0.15, -0.1) is 0 Å². The van der Waals surface area contributed by atoms with Gasteiger partial charge in [-0.1, -0.05) is 48.5 Å². The summed E-state index contributed by atoms with van der Waals surface area (Å²) in [6, 6.07) is 20.5. The van der Waals surface area contributed by atoms with Crippen LogP contribution < -0.4 is 4.74 Å². The maximum Gasteiger partial charge on any atom is 0.341 e. The SMILES string of the molecule is O=C(O)COc1ccc(/C=C2\SC(=O)N(Cc3ccc4ccccc4c3)C2=O)cc1. The summed E-state index contributed by atoms with van der Waals surface area (Å²) in [7, 11) is 0. The monoisotopic (exact) mass is 419 g/mol. The zero-order valence-corrected chi connectivity index (χ0v) is 16.6. The van der Waals surface area contributed by atoms with Crippen LogP contribution in [-0.2, 0) is 16.1 Å². The molecule has 0 atom stereocenters. The van der Waals surface area contributed by atoms with Crippen LogP contribution in [0, 0.1) is 0 Å². The number of carbonyl (C=O) groups excluding carboxylic acids is 2. The van der Waals surface area contributed by atoms with Crippen LogP contribution in [0.5, 0.6) is 5.75 Å². The van der Waals surface area contributed by atoms with Crippen molar-refractivity contribution in [3.63, 3.8) is 0 Å². The zero-order chi connectivity index (χ0) is 21.1. The molecule has 2 amide bonds. The van der Waals surface area contributed by atoms with Gasteiger partial charge in [-0.2, -0.15) is 0 Å². The quantitative estimate of drug-likeness (QED) is 0.591. The van der Waals surface area contributed by atoms with Crippen molar-refractivity contribution in [2.45, 2.75) is 6.54 Å². The van der Waals surface area contributed by atoms with Crippen molar-refractivity contribution in [3.8, 4) is 5.75 Å². The molecular weight excluding hydrogens is 402 g/mol. The molecule has 30 heavy (non-hydrogen) atoms. The summed E-state index contributed by atoms with van der Waals surface area (Å²) < 4.78 is 5.09. The van der Waals surface area contributed by atoms with Crippen LogP contribution in [0.25, 0.3) is 16.8 Å². The summed E-state index contributed by atoms with van der Waals surface area (Å²) in [6.45, 7) is -0.207. The smallest absolute Gasteiger partial charge is 0.341 e. The van der Waals surface area contributed by atoms with Crippen LogP contribution in [0.15, 0.2) is 71.6 Å². The average Bonchev–Trinajstić information content (AvgIpc) is 3.00. The van der Waals surface area contributed by atoms with E-state index in [2.05, 4.69) is 0 Å². The second kappa shape index (κ2) is 8.42. The number of carbonyl (C=O) groups is 3. The van der Waals surface area contributed by atoms with E-state index < -0.39 is 12.6 Å². The third-order valence-electron chi connectivity index (χ3n) is 4.57. The van der Waals surface area contributed by atoms with Crippen LogP contribution in [0.3, 0.4) is 0 Å². The number of nitrogens with zero attached hydrogens (tertiary/aromatic N) is 1. The topological polar surface area (TPSA) is 83.9 Å². The normalized spacial score (nSPS) is 15.2. The fourth-order valence-corrected chi connectivity index (χ4v) is 3.95. The minimum Gasteiger partial charge on any atom is -0.482 e. The molecule has 1 N–H and O–H groups in total. The third kappa shape index (κ3) is 4.36. The summed E-state index contributed by atoms with van der Waals surface area (Å²) in [6.07, 6.45) is 1.65. The van der Waals surface area contributed by atoms with Crippen molar-refractivity contribution in [2.24, 2.45) is 0 Å². The number of hydrogen-bond acceptors (Lipinski definition) is 5. The molecule has 3 aromatic carbocycles. The highest BCUT2D eigenvalue weighted by molar-refractivity contribution is 8.18. The minimum atomic E-state index is -1.06. The highest BCUT2D eigenvalue weighted by atomic mass is 32.2. The minimum absolute atomic E-state index is 0.217. The molecule has 0 unspecified atom stereocenters. The van der Waals surface area contributed by atoms with Gasteiger partial charge < -0.3 is 9.84 Å². The van der Waals surface area contributed by atoms with Crippen LogP contribution in [0.4, 0.5) is 4.79 Å². The number of ether oxygens (including phenoxy) is 1. The van der Waals surface area contributed by atoms with Gasteiger partial charge in [0.15, 0.2) is 6.61 Å². The number of hydrogen-bond donors (Lipinski definition) is 1. The number of aliphatic carboxylic acids is 1. The Balaban J connectivity index is 1.48. The predicted molar refractivity (Wildman–Crippen MR) is 115 cm³/mol. The molecular formula is C23H17NO5S. The van der Waals surface area contributed by atoms with Gasteiger partial charge in [-0.05, 0) is 57.9 Å². The van der Waals surface area contributed by atoms with E-state index >= 15 is 0 Å². The first-order chi connectivity index (χ1) is 14.5. The third-order valence-corrected chi connectivity index (χ3v) is 5.48. The van der Waals surface area contributed by atoms with Gasteiger partial charge in [0.25, 0.3) is 11.1 Å². The van der Waals surface area contributed by atoms with E-state index in [0.717, 1.165) is 28.1 Å². The van der Waals surface area contributed by atoms with Crippen molar-refractivity contribution in [1.82, 2.24) is 4.90 Å². The summed E-state index contributed by atoms with van der Waals surface area (Å²) >= 11 is 0.907. The van der Waals surface area contributed by atoms with Gasteiger partial charge in [-0.25, -0.2) is 4.79 Å². The Labute approximate surface area is 176 Å². The van der Waals surface area contributed by atoms with Crippen molar-refractivity contribution >= 4 is 45.7 Å². The van der Waals surface area contributed by atoms with Crippen LogP contribution in [0.2, 0.25) is 0 Å². The number of carboxylic acids is 1. The molecule has 0 saturated carbocycles. The molecule has 1 heterocycles. The Morgan fingerprint density at radius 2 is 1.73 bits per heavy atom. The molecule has 7 heteroatoms. The van der Waals surface area contributed by atoms with Gasteiger partial charge in [0, 0.05) is 0 Å². The Kier molecular flexibility index (Phi) is 5.54. The molecule has 0 radical (unpaired) electrons. The summed E-state index contributed by atoms with van der Waals surface area (Å²) in [5.41, 5.74) is 1.60. The molecule has 1 aliphatic heterocycles. The maximum atomic E-state index is 12.8. The van der Waals surface area contributed by atoms with E-state index in [4.69, 9.17) is 9.84 Å². The molecule has 1 aliphatic rings. The first-order valence-corrected chi connectivity index (χ1v) is 9.99. The van der Waals surface area contributed by atoms with Crippen LogP contribution in [-0.4, -0.2) is 33.7 Å². The number of benzene rings is 3. The van der Waals surface area contributed by atoms with Crippen molar-refractivity contribution in [1.29, 1.82) is 0 Å². The lowest BCUT2D eigenvalue weighted by atomic mass is 10.1. The Morgan fingerprint density at radius 1 is 1.00 bits per heavy atom. The number of imide groups is 1. The molecule has 6 nitrogen and oxygen atoms in total. The second-order valence-corrected chi connectivity index (χ2v) is 7.69.